The zero-order chi connectivity index (χ0) is 17.1. The van der Waals surface area contributed by atoms with Gasteiger partial charge in [-0.1, -0.05) is 12.1 Å². The standard InChI is InChI=1S/C18H17FN2O3/c1-20-17(22)12-6-8-13(9-7-12)24-16-10-11-21(18(16)23)15-5-3-2-4-14(15)19/h2-9,16H,10-11H2,1H3,(H,20,22). The summed E-state index contributed by atoms with van der Waals surface area (Å²) in [4.78, 5) is 25.4. The van der Waals surface area contributed by atoms with E-state index in [4.69, 9.17) is 4.74 Å². The highest BCUT2D eigenvalue weighted by Gasteiger charge is 2.35. The lowest BCUT2D eigenvalue weighted by Gasteiger charge is -2.18. The van der Waals surface area contributed by atoms with E-state index in [0.717, 1.165) is 0 Å². The molecule has 2 aromatic rings. The Labute approximate surface area is 139 Å². The third-order valence-corrected chi connectivity index (χ3v) is 3.92. The van der Waals surface area contributed by atoms with Gasteiger partial charge in [-0.15, -0.1) is 0 Å². The van der Waals surface area contributed by atoms with E-state index in [2.05, 4.69) is 5.32 Å². The predicted octanol–water partition coefficient (Wildman–Crippen LogP) is 2.37. The van der Waals surface area contributed by atoms with Crippen LogP contribution in [0.5, 0.6) is 5.75 Å². The molecule has 0 spiro atoms. The quantitative estimate of drug-likeness (QED) is 0.937. The molecule has 6 heteroatoms. The van der Waals surface area contributed by atoms with Gasteiger partial charge in [0.1, 0.15) is 11.6 Å². The molecule has 2 aromatic carbocycles. The number of ether oxygens (including phenoxy) is 1. The van der Waals surface area contributed by atoms with Crippen LogP contribution in [0.25, 0.3) is 0 Å². The molecule has 1 heterocycles. The van der Waals surface area contributed by atoms with Crippen molar-refractivity contribution in [3.8, 4) is 5.75 Å². The number of amides is 2. The highest BCUT2D eigenvalue weighted by Crippen LogP contribution is 2.26. The number of carbonyl (C=O) groups is 2. The van der Waals surface area contributed by atoms with E-state index in [1.165, 1.54) is 11.0 Å². The average molecular weight is 328 g/mol. The number of nitrogens with one attached hydrogen (secondary N) is 1. The van der Waals surface area contributed by atoms with Gasteiger partial charge in [0.05, 0.1) is 5.69 Å². The van der Waals surface area contributed by atoms with E-state index in [1.807, 2.05) is 0 Å². The number of benzene rings is 2. The summed E-state index contributed by atoms with van der Waals surface area (Å²) < 4.78 is 19.6. The Hall–Kier alpha value is -2.89. The van der Waals surface area contributed by atoms with Crippen LogP contribution in [-0.4, -0.2) is 31.5 Å². The molecule has 1 N–H and O–H groups in total. The van der Waals surface area contributed by atoms with E-state index in [-0.39, 0.29) is 17.5 Å². The van der Waals surface area contributed by atoms with Gasteiger partial charge >= 0.3 is 0 Å². The second-order valence-corrected chi connectivity index (χ2v) is 5.44. The van der Waals surface area contributed by atoms with E-state index >= 15 is 0 Å². The lowest BCUT2D eigenvalue weighted by molar-refractivity contribution is -0.122. The smallest absolute Gasteiger partial charge is 0.268 e. The van der Waals surface area contributed by atoms with Crippen LogP contribution >= 0.6 is 0 Å². The number of carbonyl (C=O) groups excluding carboxylic acids is 2. The predicted molar refractivity (Wildman–Crippen MR) is 87.6 cm³/mol. The Kier molecular flexibility index (Phi) is 4.46. The van der Waals surface area contributed by atoms with Crippen molar-refractivity contribution >= 4 is 17.5 Å². The van der Waals surface area contributed by atoms with Crippen molar-refractivity contribution in [2.24, 2.45) is 0 Å². The van der Waals surface area contributed by atoms with Gasteiger partial charge in [-0.3, -0.25) is 9.59 Å². The first-order chi connectivity index (χ1) is 11.6. The van der Waals surface area contributed by atoms with Crippen molar-refractivity contribution in [3.63, 3.8) is 0 Å². The van der Waals surface area contributed by atoms with Crippen LogP contribution in [0.4, 0.5) is 10.1 Å². The highest BCUT2D eigenvalue weighted by atomic mass is 19.1. The summed E-state index contributed by atoms with van der Waals surface area (Å²) in [6.07, 6.45) is -0.180. The number of halogens is 1. The lowest BCUT2D eigenvalue weighted by atomic mass is 10.2. The van der Waals surface area contributed by atoms with Crippen LogP contribution in [0.1, 0.15) is 16.8 Å². The first-order valence-electron chi connectivity index (χ1n) is 7.65. The fourth-order valence-corrected chi connectivity index (χ4v) is 2.67. The number of nitrogens with zero attached hydrogens (tertiary/aromatic N) is 1. The van der Waals surface area contributed by atoms with Gasteiger partial charge < -0.3 is 15.0 Å². The molecule has 3 rings (SSSR count). The molecule has 5 nitrogen and oxygen atoms in total. The fourth-order valence-electron chi connectivity index (χ4n) is 2.67. The molecular formula is C18H17FN2O3. The van der Waals surface area contributed by atoms with E-state index in [1.54, 1.807) is 49.5 Å². The van der Waals surface area contributed by atoms with Crippen LogP contribution in [0.15, 0.2) is 48.5 Å². The Morgan fingerprint density at radius 2 is 1.92 bits per heavy atom. The highest BCUT2D eigenvalue weighted by molar-refractivity contribution is 5.99. The maximum absolute atomic E-state index is 13.8. The van der Waals surface area contributed by atoms with Crippen LogP contribution in [0.3, 0.4) is 0 Å². The van der Waals surface area contributed by atoms with Gasteiger partial charge in [0.25, 0.3) is 11.8 Å². The molecule has 0 bridgehead atoms. The van der Waals surface area contributed by atoms with Gasteiger partial charge in [-0.25, -0.2) is 4.39 Å². The van der Waals surface area contributed by atoms with Crippen molar-refractivity contribution < 1.29 is 18.7 Å². The fraction of sp³-hybridized carbons (Fsp3) is 0.222. The summed E-state index contributed by atoms with van der Waals surface area (Å²) in [5.41, 5.74) is 0.777. The summed E-state index contributed by atoms with van der Waals surface area (Å²) in [7, 11) is 1.56. The number of anilines is 1. The van der Waals surface area contributed by atoms with E-state index in [9.17, 15) is 14.0 Å². The largest absolute Gasteiger partial charge is 0.481 e. The molecular weight excluding hydrogens is 311 g/mol. The van der Waals surface area contributed by atoms with Crippen LogP contribution in [0.2, 0.25) is 0 Å². The molecule has 1 atom stereocenters. The molecule has 0 radical (unpaired) electrons. The molecule has 0 saturated carbocycles. The number of rotatable bonds is 4. The third kappa shape index (κ3) is 3.08. The minimum atomic E-state index is -0.657. The first kappa shape index (κ1) is 16.0. The Morgan fingerprint density at radius 1 is 1.21 bits per heavy atom. The third-order valence-electron chi connectivity index (χ3n) is 3.92. The summed E-state index contributed by atoms with van der Waals surface area (Å²) in [5.74, 6) is -0.391. The zero-order valence-electron chi connectivity index (χ0n) is 13.2. The van der Waals surface area contributed by atoms with E-state index in [0.29, 0.717) is 24.3 Å². The van der Waals surface area contributed by atoms with Gasteiger partial charge in [0.2, 0.25) is 0 Å². The number of para-hydroxylation sites is 1. The second kappa shape index (κ2) is 6.70. The Balaban J connectivity index is 1.70. The second-order valence-electron chi connectivity index (χ2n) is 5.44. The van der Waals surface area contributed by atoms with Gasteiger partial charge in [0, 0.05) is 25.6 Å². The van der Waals surface area contributed by atoms with Crippen LogP contribution in [0, 0.1) is 5.82 Å². The van der Waals surface area contributed by atoms with E-state index < -0.39 is 11.9 Å². The zero-order valence-corrected chi connectivity index (χ0v) is 13.2. The van der Waals surface area contributed by atoms with Crippen LogP contribution in [-0.2, 0) is 4.79 Å². The Morgan fingerprint density at radius 3 is 2.58 bits per heavy atom. The topological polar surface area (TPSA) is 58.6 Å². The molecule has 1 aliphatic rings. The summed E-state index contributed by atoms with van der Waals surface area (Å²) in [6.45, 7) is 0.404. The molecule has 1 aliphatic heterocycles. The van der Waals surface area contributed by atoms with Gasteiger partial charge in [-0.05, 0) is 36.4 Å². The van der Waals surface area contributed by atoms with Crippen molar-refractivity contribution in [1.29, 1.82) is 0 Å². The van der Waals surface area contributed by atoms with Crippen molar-refractivity contribution in [3.05, 3.63) is 59.9 Å². The molecule has 0 aromatic heterocycles. The maximum atomic E-state index is 13.8. The number of hydrogen-bond donors (Lipinski definition) is 1. The molecule has 1 saturated heterocycles. The summed E-state index contributed by atoms with van der Waals surface area (Å²) in [5, 5.41) is 2.53. The SMILES string of the molecule is CNC(=O)c1ccc(OC2CCN(c3ccccc3F)C2=O)cc1. The van der Waals surface area contributed by atoms with Crippen LogP contribution < -0.4 is 15.0 Å². The maximum Gasteiger partial charge on any atom is 0.268 e. The normalized spacial score (nSPS) is 17.0. The molecule has 2 amide bonds. The van der Waals surface area contributed by atoms with Crippen molar-refractivity contribution in [2.45, 2.75) is 12.5 Å². The molecule has 0 aliphatic carbocycles. The number of hydrogen-bond acceptors (Lipinski definition) is 3. The average Bonchev–Trinajstić information content (AvgIpc) is 2.96. The lowest BCUT2D eigenvalue weighted by Crippen LogP contribution is -2.32. The van der Waals surface area contributed by atoms with Gasteiger partial charge in [-0.2, -0.15) is 0 Å². The van der Waals surface area contributed by atoms with Gasteiger partial charge in [0.15, 0.2) is 6.10 Å². The summed E-state index contributed by atoms with van der Waals surface area (Å²) in [6, 6.07) is 12.7. The summed E-state index contributed by atoms with van der Waals surface area (Å²) >= 11 is 0. The van der Waals surface area contributed by atoms with Crippen molar-refractivity contribution in [1.82, 2.24) is 5.32 Å². The molecule has 24 heavy (non-hydrogen) atoms. The molecule has 124 valence electrons. The van der Waals surface area contributed by atoms with Crippen molar-refractivity contribution in [2.75, 3.05) is 18.5 Å². The first-order valence-corrected chi connectivity index (χ1v) is 7.65. The molecule has 1 unspecified atom stereocenters. The molecule has 1 fully saturated rings. The monoisotopic (exact) mass is 328 g/mol. The Bertz CT molecular complexity index is 761. The minimum Gasteiger partial charge on any atom is -0.481 e. The minimum absolute atomic E-state index is 0.191.